The van der Waals surface area contributed by atoms with Crippen LogP contribution in [0.1, 0.15) is 64.4 Å². The van der Waals surface area contributed by atoms with E-state index >= 15 is 0 Å². The summed E-state index contributed by atoms with van der Waals surface area (Å²) in [7, 11) is -5.75. The molecule has 5 atom stereocenters. The summed E-state index contributed by atoms with van der Waals surface area (Å²) in [5.41, 5.74) is -2.77. The zero-order chi connectivity index (χ0) is 31.8. The van der Waals surface area contributed by atoms with Crippen molar-refractivity contribution in [2.45, 2.75) is 68.7 Å². The van der Waals surface area contributed by atoms with Crippen molar-refractivity contribution in [3.63, 3.8) is 0 Å². The number of halogens is 2. The highest BCUT2D eigenvalue weighted by Crippen LogP contribution is 2.59. The number of hydrogen-bond acceptors (Lipinski definition) is 5. The maximum atomic E-state index is 14.3. The van der Waals surface area contributed by atoms with Crippen LogP contribution in [-0.2, 0) is 19.8 Å². The van der Waals surface area contributed by atoms with Crippen molar-refractivity contribution >= 4 is 46.7 Å². The molecule has 0 bridgehead atoms. The van der Waals surface area contributed by atoms with Gasteiger partial charge in [-0.25, -0.2) is 0 Å². The van der Waals surface area contributed by atoms with E-state index in [1.54, 1.807) is 4.90 Å². The maximum absolute atomic E-state index is 14.3. The number of nitrogens with one attached hydrogen (secondary N) is 1. The molecule has 7 rings (SSSR count). The van der Waals surface area contributed by atoms with Gasteiger partial charge >= 0.3 is 13.3 Å². The smallest absolute Gasteiger partial charge is 0.340 e. The van der Waals surface area contributed by atoms with Crippen molar-refractivity contribution in [3.05, 3.63) is 70.1 Å². The SMILES string of the molecule is Cc1ccccc1C1CN(C(=O)[C@@H]2CC[C@@H]3C[C@H]4C[C@H]4C[C@H](NC(=O)c4cc5cc(C(F)(F)P(=O)(O)O)ccc5s4)C(=O)N32)C1. The van der Waals surface area contributed by atoms with Crippen molar-refractivity contribution in [3.8, 4) is 0 Å². The third kappa shape index (κ3) is 5.39. The van der Waals surface area contributed by atoms with Gasteiger partial charge in [-0.15, -0.1) is 11.3 Å². The first kappa shape index (κ1) is 30.5. The number of nitrogens with zero attached hydrogens (tertiary/aromatic N) is 2. The summed E-state index contributed by atoms with van der Waals surface area (Å²) in [5, 5.41) is 3.13. The van der Waals surface area contributed by atoms with Crippen LogP contribution in [0, 0.1) is 18.8 Å². The highest BCUT2D eigenvalue weighted by Gasteiger charge is 2.53. The molecular formula is C32H34F2N3O6PS. The first-order valence-electron chi connectivity index (χ1n) is 15.3. The molecule has 0 radical (unpaired) electrons. The van der Waals surface area contributed by atoms with Gasteiger partial charge in [0.1, 0.15) is 12.1 Å². The van der Waals surface area contributed by atoms with Crippen LogP contribution in [0.25, 0.3) is 10.1 Å². The molecule has 45 heavy (non-hydrogen) atoms. The number of benzene rings is 2. The number of amides is 3. The Bertz CT molecular complexity index is 1750. The van der Waals surface area contributed by atoms with Crippen molar-refractivity contribution in [1.82, 2.24) is 15.1 Å². The van der Waals surface area contributed by atoms with Gasteiger partial charge in [0.25, 0.3) is 5.91 Å². The Hall–Kier alpha value is -3.18. The van der Waals surface area contributed by atoms with Crippen LogP contribution >= 0.6 is 18.9 Å². The molecule has 1 saturated carbocycles. The Labute approximate surface area is 262 Å². The summed E-state index contributed by atoms with van der Waals surface area (Å²) in [6, 6.07) is 11.4. The summed E-state index contributed by atoms with van der Waals surface area (Å²) < 4.78 is 40.4. The minimum atomic E-state index is -5.75. The van der Waals surface area contributed by atoms with Crippen LogP contribution in [0.5, 0.6) is 0 Å². The molecule has 13 heteroatoms. The van der Waals surface area contributed by atoms with Gasteiger partial charge in [-0.3, -0.25) is 18.9 Å². The van der Waals surface area contributed by atoms with Crippen molar-refractivity contribution in [2.75, 3.05) is 13.1 Å². The molecule has 3 amide bonds. The molecule has 3 saturated heterocycles. The Kier molecular flexibility index (Phi) is 7.43. The highest BCUT2D eigenvalue weighted by molar-refractivity contribution is 7.52. The van der Waals surface area contributed by atoms with Gasteiger partial charge in [0.15, 0.2) is 0 Å². The molecule has 3 N–H and O–H groups in total. The van der Waals surface area contributed by atoms with Crippen LogP contribution in [0.3, 0.4) is 0 Å². The van der Waals surface area contributed by atoms with Gasteiger partial charge < -0.3 is 24.9 Å². The van der Waals surface area contributed by atoms with E-state index in [2.05, 4.69) is 24.4 Å². The quantitative estimate of drug-likeness (QED) is 0.322. The fourth-order valence-corrected chi connectivity index (χ4v) is 8.90. The van der Waals surface area contributed by atoms with Crippen LogP contribution in [-0.4, -0.2) is 68.5 Å². The first-order valence-corrected chi connectivity index (χ1v) is 17.7. The predicted molar refractivity (Wildman–Crippen MR) is 164 cm³/mol. The maximum Gasteiger partial charge on any atom is 0.399 e. The van der Waals surface area contributed by atoms with Gasteiger partial charge in [-0.1, -0.05) is 30.3 Å². The lowest BCUT2D eigenvalue weighted by Gasteiger charge is -2.43. The zero-order valence-electron chi connectivity index (χ0n) is 24.6. The molecular weight excluding hydrogens is 623 g/mol. The lowest BCUT2D eigenvalue weighted by Crippen LogP contribution is -2.59. The lowest BCUT2D eigenvalue weighted by molar-refractivity contribution is -0.149. The lowest BCUT2D eigenvalue weighted by atomic mass is 9.88. The molecule has 4 fully saturated rings. The van der Waals surface area contributed by atoms with E-state index in [0.717, 1.165) is 42.7 Å². The van der Waals surface area contributed by atoms with Crippen LogP contribution in [0.2, 0.25) is 0 Å². The standard InChI is InChI=1S/C32H34F2N3O6PS/c1-17-4-2-3-5-24(17)21-15-36(16-21)31(40)26-8-7-23-12-18-10-19(18)13-25(30(39)37(23)26)35-29(38)28-14-20-11-22(6-9-27(20)45-28)32(33,34)44(41,42)43/h2-6,9,11,14,18-19,21,23,25-26H,7-8,10,12-13,15-16H2,1H3,(H,35,38)(H2,41,42,43)/t18-,19+,23-,25+,26+/m1/s1. The Balaban J connectivity index is 1.08. The molecule has 1 aromatic heterocycles. The second-order valence-corrected chi connectivity index (χ2v) is 15.7. The minimum absolute atomic E-state index is 0.0406. The fraction of sp³-hybridized carbons (Fsp3) is 0.469. The number of alkyl halides is 2. The molecule has 4 aliphatic rings. The van der Waals surface area contributed by atoms with Gasteiger partial charge in [0, 0.05) is 35.3 Å². The number of aryl methyl sites for hydroxylation is 1. The van der Waals surface area contributed by atoms with Gasteiger partial charge in [-0.05, 0) is 85.6 Å². The Morgan fingerprint density at radius 1 is 1.02 bits per heavy atom. The highest BCUT2D eigenvalue weighted by atomic mass is 32.1. The third-order valence-corrected chi connectivity index (χ3v) is 12.2. The van der Waals surface area contributed by atoms with Gasteiger partial charge in [0.05, 0.1) is 4.88 Å². The third-order valence-electron chi connectivity index (χ3n) is 10.1. The summed E-state index contributed by atoms with van der Waals surface area (Å²) in [6.45, 7) is 3.30. The van der Waals surface area contributed by atoms with E-state index in [0.29, 0.717) is 42.5 Å². The van der Waals surface area contributed by atoms with E-state index in [9.17, 15) is 27.7 Å². The second kappa shape index (κ2) is 11.0. The number of hydrogen-bond donors (Lipinski definition) is 3. The molecule has 1 aliphatic carbocycles. The number of rotatable bonds is 6. The van der Waals surface area contributed by atoms with E-state index in [1.807, 2.05) is 17.0 Å². The molecule has 238 valence electrons. The Morgan fingerprint density at radius 2 is 1.76 bits per heavy atom. The van der Waals surface area contributed by atoms with Crippen molar-refractivity contribution < 1.29 is 37.5 Å². The molecule has 3 aliphatic heterocycles. The molecule has 4 heterocycles. The van der Waals surface area contributed by atoms with Gasteiger partial charge in [0.2, 0.25) is 11.8 Å². The van der Waals surface area contributed by atoms with Crippen LogP contribution < -0.4 is 5.32 Å². The largest absolute Gasteiger partial charge is 0.399 e. The van der Waals surface area contributed by atoms with Gasteiger partial charge in [-0.2, -0.15) is 8.78 Å². The number of fused-ring (bicyclic) bond motifs is 3. The molecule has 3 aromatic rings. The monoisotopic (exact) mass is 657 g/mol. The summed E-state index contributed by atoms with van der Waals surface area (Å²) in [4.78, 5) is 63.3. The molecule has 9 nitrogen and oxygen atoms in total. The van der Waals surface area contributed by atoms with Crippen molar-refractivity contribution in [2.24, 2.45) is 11.8 Å². The number of likely N-dealkylation sites (tertiary alicyclic amines) is 1. The topological polar surface area (TPSA) is 127 Å². The molecule has 2 aromatic carbocycles. The second-order valence-electron chi connectivity index (χ2n) is 13.0. The van der Waals surface area contributed by atoms with E-state index < -0.39 is 36.8 Å². The summed E-state index contributed by atoms with van der Waals surface area (Å²) in [5.74, 6) is 0.220. The number of thiophene rings is 1. The Morgan fingerprint density at radius 3 is 2.49 bits per heavy atom. The molecule has 0 unspecified atom stereocenters. The average Bonchev–Trinajstić information content (AvgIpc) is 3.34. The predicted octanol–water partition coefficient (Wildman–Crippen LogP) is 4.95. The first-order chi connectivity index (χ1) is 21.3. The van der Waals surface area contributed by atoms with Crippen molar-refractivity contribution in [1.29, 1.82) is 0 Å². The fourth-order valence-electron chi connectivity index (χ4n) is 7.48. The van der Waals surface area contributed by atoms with E-state index in [4.69, 9.17) is 9.79 Å². The zero-order valence-corrected chi connectivity index (χ0v) is 26.3. The van der Waals surface area contributed by atoms with Crippen LogP contribution in [0.4, 0.5) is 8.78 Å². The molecule has 0 spiro atoms. The average molecular weight is 658 g/mol. The normalized spacial score (nSPS) is 27.0. The number of carbonyl (C=O) groups is 3. The minimum Gasteiger partial charge on any atom is -0.340 e. The van der Waals surface area contributed by atoms with E-state index in [-0.39, 0.29) is 34.0 Å². The summed E-state index contributed by atoms with van der Waals surface area (Å²) >= 11 is 1.04. The number of carbonyl (C=O) groups excluding carboxylic acids is 3. The summed E-state index contributed by atoms with van der Waals surface area (Å²) in [6.07, 6.45) is 3.66. The van der Waals surface area contributed by atoms with E-state index in [1.165, 1.54) is 23.3 Å². The van der Waals surface area contributed by atoms with Crippen LogP contribution in [0.15, 0.2) is 48.5 Å².